The molecule has 1 aromatic carbocycles. The van der Waals surface area contributed by atoms with E-state index in [1.807, 2.05) is 12.1 Å². The monoisotopic (exact) mass is 337 g/mol. The Morgan fingerprint density at radius 2 is 2.16 bits per heavy atom. The van der Waals surface area contributed by atoms with Crippen LogP contribution in [0.25, 0.3) is 10.9 Å². The average molecular weight is 337 g/mol. The smallest absolute Gasteiger partial charge is 0.163 e. The molecule has 0 aliphatic carbocycles. The molecule has 3 heterocycles. The topological polar surface area (TPSA) is 77.7 Å². The fourth-order valence-corrected chi connectivity index (χ4v) is 3.70. The molecule has 0 amide bonds. The highest BCUT2D eigenvalue weighted by Crippen LogP contribution is 2.33. The zero-order valence-electron chi connectivity index (χ0n) is 14.5. The third kappa shape index (κ3) is 3.35. The van der Waals surface area contributed by atoms with E-state index in [0.717, 1.165) is 30.0 Å². The van der Waals surface area contributed by atoms with Gasteiger partial charge in [-0.15, -0.1) is 0 Å². The number of nitrogens with one attached hydrogen (secondary N) is 2. The number of carbonyl (C=O) groups is 1. The normalized spacial score (nSPS) is 16.5. The SMILES string of the molecule is CN1CCC(c2c[nH]c3ccc(C(=O)CCc4ncn[nH]4)cc23)CC1. The first-order valence-electron chi connectivity index (χ1n) is 8.88. The number of aromatic amines is 2. The number of Topliss-reactive ketones (excluding diaryl/α,β-unsaturated/α-hetero) is 1. The summed E-state index contributed by atoms with van der Waals surface area (Å²) in [4.78, 5) is 22.4. The van der Waals surface area contributed by atoms with E-state index < -0.39 is 0 Å². The van der Waals surface area contributed by atoms with Crippen LogP contribution >= 0.6 is 0 Å². The number of aromatic nitrogens is 4. The highest BCUT2D eigenvalue weighted by Gasteiger charge is 2.21. The van der Waals surface area contributed by atoms with Gasteiger partial charge in [0.1, 0.15) is 12.2 Å². The summed E-state index contributed by atoms with van der Waals surface area (Å²) >= 11 is 0. The number of piperidine rings is 1. The zero-order chi connectivity index (χ0) is 17.2. The predicted molar refractivity (Wildman–Crippen MR) is 96.8 cm³/mol. The van der Waals surface area contributed by atoms with Crippen LogP contribution in [0, 0.1) is 0 Å². The van der Waals surface area contributed by atoms with Crippen molar-refractivity contribution >= 4 is 16.7 Å². The number of hydrogen-bond acceptors (Lipinski definition) is 4. The second kappa shape index (κ2) is 6.80. The van der Waals surface area contributed by atoms with Gasteiger partial charge in [0.05, 0.1) is 0 Å². The van der Waals surface area contributed by atoms with Crippen LogP contribution in [0.3, 0.4) is 0 Å². The highest BCUT2D eigenvalue weighted by atomic mass is 16.1. The summed E-state index contributed by atoms with van der Waals surface area (Å²) in [5, 5.41) is 7.82. The van der Waals surface area contributed by atoms with Crippen LogP contribution in [0.1, 0.15) is 46.9 Å². The Morgan fingerprint density at radius 3 is 2.92 bits per heavy atom. The van der Waals surface area contributed by atoms with Gasteiger partial charge in [0, 0.05) is 35.5 Å². The number of carbonyl (C=O) groups excluding carboxylic acids is 1. The molecule has 130 valence electrons. The minimum absolute atomic E-state index is 0.147. The van der Waals surface area contributed by atoms with E-state index in [4.69, 9.17) is 0 Å². The third-order valence-corrected chi connectivity index (χ3v) is 5.25. The van der Waals surface area contributed by atoms with Crippen molar-refractivity contribution in [3.8, 4) is 0 Å². The first-order valence-corrected chi connectivity index (χ1v) is 8.88. The molecule has 1 aliphatic heterocycles. The summed E-state index contributed by atoms with van der Waals surface area (Å²) in [5.41, 5.74) is 3.24. The van der Waals surface area contributed by atoms with Gasteiger partial charge in [0.15, 0.2) is 5.78 Å². The van der Waals surface area contributed by atoms with Crippen molar-refractivity contribution in [2.75, 3.05) is 20.1 Å². The Morgan fingerprint density at radius 1 is 1.32 bits per heavy atom. The summed E-state index contributed by atoms with van der Waals surface area (Å²) in [6, 6.07) is 6.00. The van der Waals surface area contributed by atoms with Gasteiger partial charge in [-0.05, 0) is 62.7 Å². The maximum absolute atomic E-state index is 12.6. The molecule has 0 spiro atoms. The number of hydrogen-bond donors (Lipinski definition) is 2. The van der Waals surface area contributed by atoms with Crippen molar-refractivity contribution in [1.82, 2.24) is 25.1 Å². The van der Waals surface area contributed by atoms with Gasteiger partial charge < -0.3 is 9.88 Å². The molecule has 25 heavy (non-hydrogen) atoms. The molecule has 2 N–H and O–H groups in total. The molecule has 6 nitrogen and oxygen atoms in total. The van der Waals surface area contributed by atoms with E-state index in [0.29, 0.717) is 18.8 Å². The van der Waals surface area contributed by atoms with E-state index in [1.54, 1.807) is 0 Å². The molecule has 4 rings (SSSR count). The Hall–Kier alpha value is -2.47. The molecule has 0 radical (unpaired) electrons. The molecule has 0 bridgehead atoms. The minimum atomic E-state index is 0.147. The number of likely N-dealkylation sites (tertiary alicyclic amines) is 1. The number of nitrogens with zero attached hydrogens (tertiary/aromatic N) is 3. The van der Waals surface area contributed by atoms with Gasteiger partial charge in [-0.1, -0.05) is 0 Å². The summed E-state index contributed by atoms with van der Waals surface area (Å²) in [7, 11) is 2.18. The van der Waals surface area contributed by atoms with Crippen molar-refractivity contribution in [1.29, 1.82) is 0 Å². The van der Waals surface area contributed by atoms with Gasteiger partial charge >= 0.3 is 0 Å². The van der Waals surface area contributed by atoms with E-state index in [9.17, 15) is 4.79 Å². The Kier molecular flexibility index (Phi) is 4.36. The largest absolute Gasteiger partial charge is 0.361 e. The van der Waals surface area contributed by atoms with Crippen LogP contribution in [0.15, 0.2) is 30.7 Å². The number of fused-ring (bicyclic) bond motifs is 1. The van der Waals surface area contributed by atoms with Crippen molar-refractivity contribution in [2.45, 2.75) is 31.6 Å². The number of rotatable bonds is 5. The molecule has 1 fully saturated rings. The van der Waals surface area contributed by atoms with Crippen molar-refractivity contribution in [3.05, 3.63) is 47.7 Å². The first kappa shape index (κ1) is 16.0. The standard InChI is InChI=1S/C19H23N5O/c1-24-8-6-13(7-9-24)16-11-20-17-3-2-14(10-15(16)17)18(25)4-5-19-21-12-22-23-19/h2-3,10-13,20H,4-9H2,1H3,(H,21,22,23). The molecule has 3 aromatic rings. The molecule has 1 saturated heterocycles. The fraction of sp³-hybridized carbons (Fsp3) is 0.421. The lowest BCUT2D eigenvalue weighted by atomic mass is 9.89. The molecule has 6 heteroatoms. The van der Waals surface area contributed by atoms with Crippen LogP contribution in [0.4, 0.5) is 0 Å². The number of H-pyrrole nitrogens is 2. The van der Waals surface area contributed by atoms with Crippen molar-refractivity contribution in [2.24, 2.45) is 0 Å². The first-order chi connectivity index (χ1) is 12.2. The summed E-state index contributed by atoms with van der Waals surface area (Å²) < 4.78 is 0. The lowest BCUT2D eigenvalue weighted by molar-refractivity contribution is 0.0982. The van der Waals surface area contributed by atoms with Crippen LogP contribution in [0.2, 0.25) is 0 Å². The molecule has 0 saturated carbocycles. The van der Waals surface area contributed by atoms with E-state index >= 15 is 0 Å². The molecule has 1 aliphatic rings. The molecule has 0 atom stereocenters. The fourth-order valence-electron chi connectivity index (χ4n) is 3.70. The molecule has 0 unspecified atom stereocenters. The lowest BCUT2D eigenvalue weighted by Crippen LogP contribution is -2.29. The maximum atomic E-state index is 12.6. The molecule has 2 aromatic heterocycles. The number of aryl methyl sites for hydroxylation is 1. The van der Waals surface area contributed by atoms with Crippen LogP contribution in [-0.2, 0) is 6.42 Å². The maximum Gasteiger partial charge on any atom is 0.163 e. The Bertz CT molecular complexity index is 859. The van der Waals surface area contributed by atoms with E-state index in [-0.39, 0.29) is 5.78 Å². The quantitative estimate of drug-likeness (QED) is 0.702. The number of ketones is 1. The third-order valence-electron chi connectivity index (χ3n) is 5.25. The minimum Gasteiger partial charge on any atom is -0.361 e. The van der Waals surface area contributed by atoms with E-state index in [2.05, 4.69) is 44.4 Å². The predicted octanol–water partition coefficient (Wildman–Crippen LogP) is 2.91. The van der Waals surface area contributed by atoms with Gasteiger partial charge in [-0.25, -0.2) is 4.98 Å². The molecular weight excluding hydrogens is 314 g/mol. The summed E-state index contributed by atoms with van der Waals surface area (Å²) in [6.45, 7) is 2.26. The van der Waals surface area contributed by atoms with Gasteiger partial charge in [0.2, 0.25) is 0 Å². The second-order valence-electron chi connectivity index (χ2n) is 6.94. The van der Waals surface area contributed by atoms with Crippen molar-refractivity contribution < 1.29 is 4.79 Å². The Labute approximate surface area is 146 Å². The zero-order valence-corrected chi connectivity index (χ0v) is 14.5. The van der Waals surface area contributed by atoms with Crippen LogP contribution < -0.4 is 0 Å². The highest BCUT2D eigenvalue weighted by molar-refractivity contribution is 6.00. The summed E-state index contributed by atoms with van der Waals surface area (Å²) in [6.07, 6.45) is 6.98. The van der Waals surface area contributed by atoms with Crippen molar-refractivity contribution in [3.63, 3.8) is 0 Å². The Balaban J connectivity index is 1.54. The van der Waals surface area contributed by atoms with Gasteiger partial charge in [-0.3, -0.25) is 9.89 Å². The van der Waals surface area contributed by atoms with E-state index in [1.165, 1.54) is 30.1 Å². The summed E-state index contributed by atoms with van der Waals surface area (Å²) in [5.74, 6) is 1.47. The van der Waals surface area contributed by atoms with Gasteiger partial charge in [0.25, 0.3) is 0 Å². The van der Waals surface area contributed by atoms with Crippen LogP contribution in [-0.4, -0.2) is 51.0 Å². The second-order valence-corrected chi connectivity index (χ2v) is 6.94. The lowest BCUT2D eigenvalue weighted by Gasteiger charge is -2.28. The molecular formula is C19H23N5O. The van der Waals surface area contributed by atoms with Crippen LogP contribution in [0.5, 0.6) is 0 Å². The van der Waals surface area contributed by atoms with Gasteiger partial charge in [-0.2, -0.15) is 5.10 Å². The number of benzene rings is 1. The average Bonchev–Trinajstić information content (AvgIpc) is 3.29.